The first-order valence-electron chi connectivity index (χ1n) is 8.28. The third-order valence-electron chi connectivity index (χ3n) is 4.25. The Kier molecular flexibility index (Phi) is 3.63. The first-order valence-corrected chi connectivity index (χ1v) is 8.28. The lowest BCUT2D eigenvalue weighted by Gasteiger charge is -1.97. The minimum Gasteiger partial charge on any atom is -0.458 e. The van der Waals surface area contributed by atoms with Crippen molar-refractivity contribution in [2.24, 2.45) is 7.05 Å². The summed E-state index contributed by atoms with van der Waals surface area (Å²) in [5.41, 5.74) is 3.69. The standard InChI is InChI=1S/C18H20N6O/c1-11-9-19-13(3)17-21-16(22-24(11)17)8-6-14-10-23(4)18(20-14)15-7-5-12(2)25-15/h5,7,9-10H,6,8H2,1-4H3. The number of imidazole rings is 1. The van der Waals surface area contributed by atoms with Crippen molar-refractivity contribution in [2.45, 2.75) is 33.6 Å². The van der Waals surface area contributed by atoms with E-state index in [9.17, 15) is 0 Å². The molecule has 0 fully saturated rings. The van der Waals surface area contributed by atoms with E-state index < -0.39 is 0 Å². The second-order valence-corrected chi connectivity index (χ2v) is 6.33. The number of rotatable bonds is 4. The van der Waals surface area contributed by atoms with Gasteiger partial charge in [-0.15, -0.1) is 0 Å². The highest BCUT2D eigenvalue weighted by atomic mass is 16.3. The molecule has 0 saturated carbocycles. The summed E-state index contributed by atoms with van der Waals surface area (Å²) in [7, 11) is 1.98. The molecule has 0 unspecified atom stereocenters. The minimum absolute atomic E-state index is 0.730. The molecule has 4 rings (SSSR count). The van der Waals surface area contributed by atoms with E-state index in [1.807, 2.05) is 61.4 Å². The molecular weight excluding hydrogens is 316 g/mol. The Morgan fingerprint density at radius 3 is 2.64 bits per heavy atom. The maximum absolute atomic E-state index is 5.67. The molecule has 7 heteroatoms. The van der Waals surface area contributed by atoms with Crippen LogP contribution in [-0.2, 0) is 19.9 Å². The van der Waals surface area contributed by atoms with E-state index in [4.69, 9.17) is 9.40 Å². The summed E-state index contributed by atoms with van der Waals surface area (Å²) >= 11 is 0. The summed E-state index contributed by atoms with van der Waals surface area (Å²) in [6, 6.07) is 3.90. The lowest BCUT2D eigenvalue weighted by atomic mass is 10.2. The monoisotopic (exact) mass is 336 g/mol. The molecule has 0 atom stereocenters. The Morgan fingerprint density at radius 2 is 1.92 bits per heavy atom. The van der Waals surface area contributed by atoms with Crippen molar-refractivity contribution >= 4 is 5.65 Å². The van der Waals surface area contributed by atoms with Gasteiger partial charge in [0.15, 0.2) is 23.1 Å². The van der Waals surface area contributed by atoms with Gasteiger partial charge in [0.05, 0.1) is 17.1 Å². The Hall–Kier alpha value is -2.96. The van der Waals surface area contributed by atoms with Crippen LogP contribution < -0.4 is 0 Å². The van der Waals surface area contributed by atoms with Crippen molar-refractivity contribution in [3.63, 3.8) is 0 Å². The van der Waals surface area contributed by atoms with Crippen LogP contribution in [0.15, 0.2) is 28.9 Å². The molecule has 0 aliphatic carbocycles. The molecule has 0 N–H and O–H groups in total. The van der Waals surface area contributed by atoms with Gasteiger partial charge in [-0.1, -0.05) is 0 Å². The average molecular weight is 336 g/mol. The number of hydrogen-bond donors (Lipinski definition) is 0. The van der Waals surface area contributed by atoms with Crippen LogP contribution in [0.1, 0.15) is 28.7 Å². The Morgan fingerprint density at radius 1 is 1.08 bits per heavy atom. The molecule has 0 aliphatic heterocycles. The van der Waals surface area contributed by atoms with Gasteiger partial charge in [0.25, 0.3) is 0 Å². The molecule has 128 valence electrons. The van der Waals surface area contributed by atoms with Crippen LogP contribution in [0, 0.1) is 20.8 Å². The van der Waals surface area contributed by atoms with Crippen molar-refractivity contribution < 1.29 is 4.42 Å². The summed E-state index contributed by atoms with van der Waals surface area (Å²) in [5, 5.41) is 4.59. The second-order valence-electron chi connectivity index (χ2n) is 6.33. The number of aryl methyl sites for hydroxylation is 6. The van der Waals surface area contributed by atoms with Crippen molar-refractivity contribution in [1.82, 2.24) is 29.1 Å². The normalized spacial score (nSPS) is 11.5. The van der Waals surface area contributed by atoms with Gasteiger partial charge >= 0.3 is 0 Å². The van der Waals surface area contributed by atoms with Gasteiger partial charge < -0.3 is 8.98 Å². The number of furan rings is 1. The van der Waals surface area contributed by atoms with Crippen LogP contribution in [0.2, 0.25) is 0 Å². The van der Waals surface area contributed by atoms with Crippen molar-refractivity contribution in [3.05, 3.63) is 53.2 Å². The molecule has 7 nitrogen and oxygen atoms in total. The zero-order valence-electron chi connectivity index (χ0n) is 14.8. The van der Waals surface area contributed by atoms with E-state index in [-0.39, 0.29) is 0 Å². The highest BCUT2D eigenvalue weighted by Crippen LogP contribution is 2.21. The zero-order chi connectivity index (χ0) is 17.6. The zero-order valence-corrected chi connectivity index (χ0v) is 14.8. The third kappa shape index (κ3) is 2.82. The van der Waals surface area contributed by atoms with Gasteiger partial charge in [-0.3, -0.25) is 4.98 Å². The summed E-state index contributed by atoms with van der Waals surface area (Å²) in [6.45, 7) is 5.86. The highest BCUT2D eigenvalue weighted by molar-refractivity contribution is 5.48. The fraction of sp³-hybridized carbons (Fsp3) is 0.333. The average Bonchev–Trinajstić information content (AvgIpc) is 3.28. The fourth-order valence-corrected chi connectivity index (χ4v) is 2.92. The van der Waals surface area contributed by atoms with Gasteiger partial charge in [0.2, 0.25) is 0 Å². The third-order valence-corrected chi connectivity index (χ3v) is 4.25. The van der Waals surface area contributed by atoms with Gasteiger partial charge in [0.1, 0.15) is 5.76 Å². The van der Waals surface area contributed by atoms with Crippen LogP contribution in [0.25, 0.3) is 17.2 Å². The number of nitrogens with zero attached hydrogens (tertiary/aromatic N) is 6. The molecule has 0 spiro atoms. The van der Waals surface area contributed by atoms with Crippen LogP contribution in [0.4, 0.5) is 0 Å². The maximum atomic E-state index is 5.67. The highest BCUT2D eigenvalue weighted by Gasteiger charge is 2.13. The summed E-state index contributed by atoms with van der Waals surface area (Å²) < 4.78 is 9.52. The fourth-order valence-electron chi connectivity index (χ4n) is 2.92. The summed E-state index contributed by atoms with van der Waals surface area (Å²) in [5.74, 6) is 3.31. The largest absolute Gasteiger partial charge is 0.458 e. The predicted molar refractivity (Wildman–Crippen MR) is 93.3 cm³/mol. The Labute approximate surface area is 145 Å². The van der Waals surface area contributed by atoms with Crippen molar-refractivity contribution in [2.75, 3.05) is 0 Å². The molecule has 0 bridgehead atoms. The molecule has 0 amide bonds. The van der Waals surface area contributed by atoms with Crippen LogP contribution in [0.3, 0.4) is 0 Å². The topological polar surface area (TPSA) is 74.0 Å². The first-order chi connectivity index (χ1) is 12.0. The van der Waals surface area contributed by atoms with E-state index in [0.717, 1.165) is 58.7 Å². The smallest absolute Gasteiger partial charge is 0.177 e. The maximum Gasteiger partial charge on any atom is 0.177 e. The van der Waals surface area contributed by atoms with Gasteiger partial charge in [-0.25, -0.2) is 14.5 Å². The van der Waals surface area contributed by atoms with Crippen molar-refractivity contribution in [3.8, 4) is 11.6 Å². The quantitative estimate of drug-likeness (QED) is 0.573. The number of hydrogen-bond acceptors (Lipinski definition) is 5. The number of aromatic nitrogens is 6. The van der Waals surface area contributed by atoms with Gasteiger partial charge in [-0.2, -0.15) is 5.10 Å². The molecule has 25 heavy (non-hydrogen) atoms. The van der Waals surface area contributed by atoms with E-state index in [2.05, 4.69) is 15.1 Å². The molecule has 0 aromatic carbocycles. The Bertz CT molecular complexity index is 1020. The van der Waals surface area contributed by atoms with Crippen LogP contribution >= 0.6 is 0 Å². The van der Waals surface area contributed by atoms with E-state index in [0.29, 0.717) is 0 Å². The van der Waals surface area contributed by atoms with E-state index >= 15 is 0 Å². The Balaban J connectivity index is 1.56. The van der Waals surface area contributed by atoms with Crippen molar-refractivity contribution in [1.29, 1.82) is 0 Å². The molecule has 4 heterocycles. The van der Waals surface area contributed by atoms with Gasteiger partial charge in [0, 0.05) is 25.9 Å². The van der Waals surface area contributed by atoms with Crippen LogP contribution in [0.5, 0.6) is 0 Å². The first kappa shape index (κ1) is 15.6. The summed E-state index contributed by atoms with van der Waals surface area (Å²) in [6.07, 6.45) is 5.35. The molecule has 0 aliphatic rings. The lowest BCUT2D eigenvalue weighted by Crippen LogP contribution is -1.98. The van der Waals surface area contributed by atoms with E-state index in [1.165, 1.54) is 0 Å². The lowest BCUT2D eigenvalue weighted by molar-refractivity contribution is 0.541. The predicted octanol–water partition coefficient (Wildman–Crippen LogP) is 2.83. The van der Waals surface area contributed by atoms with E-state index in [1.54, 1.807) is 0 Å². The molecule has 0 radical (unpaired) electrons. The minimum atomic E-state index is 0.730. The second kappa shape index (κ2) is 5.84. The molecule has 0 saturated heterocycles. The molecule has 4 aromatic heterocycles. The van der Waals surface area contributed by atoms with Gasteiger partial charge in [-0.05, 0) is 39.3 Å². The SMILES string of the molecule is Cc1ccc(-c2nc(CCc3nc4c(C)ncc(C)n4n3)cn2C)o1. The molecule has 4 aromatic rings. The number of fused-ring (bicyclic) bond motifs is 1. The summed E-state index contributed by atoms with van der Waals surface area (Å²) in [4.78, 5) is 13.6. The molecular formula is C18H20N6O. The van der Waals surface area contributed by atoms with Crippen LogP contribution in [-0.4, -0.2) is 29.1 Å².